The van der Waals surface area contributed by atoms with E-state index in [2.05, 4.69) is 48.7 Å². The van der Waals surface area contributed by atoms with Crippen LogP contribution in [-0.4, -0.2) is 45.3 Å². The third-order valence-electron chi connectivity index (χ3n) is 3.47. The molecular weight excluding hydrogens is 244 g/mol. The van der Waals surface area contributed by atoms with Gasteiger partial charge in [0.1, 0.15) is 0 Å². The van der Waals surface area contributed by atoms with E-state index in [1.807, 2.05) is 10.9 Å². The lowest BCUT2D eigenvalue weighted by molar-refractivity contribution is 0.211. The van der Waals surface area contributed by atoms with E-state index >= 15 is 0 Å². The second-order valence-corrected chi connectivity index (χ2v) is 6.82. The van der Waals surface area contributed by atoms with Gasteiger partial charge < -0.3 is 5.73 Å². The van der Waals surface area contributed by atoms with Gasteiger partial charge in [0.15, 0.2) is 0 Å². The number of aromatic nitrogens is 2. The molecule has 0 saturated carbocycles. The van der Waals surface area contributed by atoms with Crippen LogP contribution in [0, 0.1) is 0 Å². The molecule has 2 rings (SSSR count). The first-order valence-electron chi connectivity index (χ1n) is 6.71. The van der Waals surface area contributed by atoms with Crippen molar-refractivity contribution in [3.63, 3.8) is 0 Å². The number of thioether (sulfide) groups is 1. The second kappa shape index (κ2) is 6.08. The maximum Gasteiger partial charge on any atom is 0.0538 e. The van der Waals surface area contributed by atoms with Gasteiger partial charge >= 0.3 is 0 Å². The van der Waals surface area contributed by atoms with Gasteiger partial charge in [0.25, 0.3) is 0 Å². The first-order valence-corrected chi connectivity index (χ1v) is 7.76. The SMILES string of the molecule is CC1CN(C(CN)c2cnn(C(C)C)c2)CCS1. The summed E-state index contributed by atoms with van der Waals surface area (Å²) in [4.78, 5) is 2.50. The van der Waals surface area contributed by atoms with Crippen LogP contribution in [0.25, 0.3) is 0 Å². The maximum atomic E-state index is 5.98. The van der Waals surface area contributed by atoms with E-state index < -0.39 is 0 Å². The Morgan fingerprint density at radius 3 is 2.89 bits per heavy atom. The van der Waals surface area contributed by atoms with Gasteiger partial charge in [0.2, 0.25) is 0 Å². The van der Waals surface area contributed by atoms with Crippen molar-refractivity contribution in [1.82, 2.24) is 14.7 Å². The molecule has 1 aliphatic heterocycles. The van der Waals surface area contributed by atoms with Crippen molar-refractivity contribution >= 4 is 11.8 Å². The molecule has 2 heterocycles. The van der Waals surface area contributed by atoms with Gasteiger partial charge in [-0.3, -0.25) is 9.58 Å². The molecule has 0 aliphatic carbocycles. The third kappa shape index (κ3) is 3.08. The van der Waals surface area contributed by atoms with E-state index in [0.717, 1.165) is 13.1 Å². The predicted molar refractivity (Wildman–Crippen MR) is 77.9 cm³/mol. The highest BCUT2D eigenvalue weighted by molar-refractivity contribution is 7.99. The van der Waals surface area contributed by atoms with Gasteiger partial charge in [-0.25, -0.2) is 0 Å². The fraction of sp³-hybridized carbons (Fsp3) is 0.769. The van der Waals surface area contributed by atoms with Crippen LogP contribution in [-0.2, 0) is 0 Å². The lowest BCUT2D eigenvalue weighted by atomic mass is 10.1. The predicted octanol–water partition coefficient (Wildman–Crippen LogP) is 1.90. The molecule has 1 aliphatic rings. The highest BCUT2D eigenvalue weighted by Crippen LogP contribution is 2.26. The van der Waals surface area contributed by atoms with Crippen molar-refractivity contribution in [3.05, 3.63) is 18.0 Å². The van der Waals surface area contributed by atoms with Crippen molar-refractivity contribution < 1.29 is 0 Å². The van der Waals surface area contributed by atoms with Gasteiger partial charge in [0, 0.05) is 48.4 Å². The average Bonchev–Trinajstić information content (AvgIpc) is 2.80. The lowest BCUT2D eigenvalue weighted by Gasteiger charge is -2.36. The minimum absolute atomic E-state index is 0.320. The summed E-state index contributed by atoms with van der Waals surface area (Å²) < 4.78 is 2.01. The molecule has 2 unspecified atom stereocenters. The number of rotatable bonds is 4. The summed E-state index contributed by atoms with van der Waals surface area (Å²) in [6.07, 6.45) is 4.12. The molecule has 0 spiro atoms. The van der Waals surface area contributed by atoms with Gasteiger partial charge in [0.05, 0.1) is 12.2 Å². The van der Waals surface area contributed by atoms with E-state index in [9.17, 15) is 0 Å². The number of nitrogens with two attached hydrogens (primary N) is 1. The van der Waals surface area contributed by atoms with Gasteiger partial charge in [-0.2, -0.15) is 16.9 Å². The molecule has 0 bridgehead atoms. The van der Waals surface area contributed by atoms with Crippen LogP contribution in [0.3, 0.4) is 0 Å². The average molecular weight is 268 g/mol. The molecule has 2 N–H and O–H groups in total. The Morgan fingerprint density at radius 2 is 2.33 bits per heavy atom. The zero-order chi connectivity index (χ0) is 13.1. The molecule has 1 aromatic heterocycles. The fourth-order valence-corrected chi connectivity index (χ4v) is 3.47. The summed E-state index contributed by atoms with van der Waals surface area (Å²) in [5.41, 5.74) is 7.24. The summed E-state index contributed by atoms with van der Waals surface area (Å²) >= 11 is 2.05. The van der Waals surface area contributed by atoms with Gasteiger partial charge in [-0.1, -0.05) is 6.92 Å². The molecular formula is C13H24N4S. The van der Waals surface area contributed by atoms with Crippen LogP contribution in [0.4, 0.5) is 0 Å². The van der Waals surface area contributed by atoms with Crippen LogP contribution < -0.4 is 5.73 Å². The smallest absolute Gasteiger partial charge is 0.0538 e. The Kier molecular flexibility index (Phi) is 4.70. The Morgan fingerprint density at radius 1 is 1.56 bits per heavy atom. The van der Waals surface area contributed by atoms with E-state index in [1.165, 1.54) is 11.3 Å². The molecule has 2 atom stereocenters. The van der Waals surface area contributed by atoms with Crippen LogP contribution in [0.15, 0.2) is 12.4 Å². The highest BCUT2D eigenvalue weighted by atomic mass is 32.2. The Hall–Kier alpha value is -0.520. The van der Waals surface area contributed by atoms with Crippen LogP contribution >= 0.6 is 11.8 Å². The zero-order valence-electron chi connectivity index (χ0n) is 11.5. The van der Waals surface area contributed by atoms with Crippen LogP contribution in [0.1, 0.15) is 38.4 Å². The first kappa shape index (κ1) is 13.9. The quantitative estimate of drug-likeness (QED) is 0.906. The van der Waals surface area contributed by atoms with E-state index in [1.54, 1.807) is 0 Å². The molecule has 1 saturated heterocycles. The molecule has 0 aromatic carbocycles. The molecule has 1 aromatic rings. The normalized spacial score (nSPS) is 23.5. The number of nitrogens with zero attached hydrogens (tertiary/aromatic N) is 3. The van der Waals surface area contributed by atoms with Crippen molar-refractivity contribution in [2.75, 3.05) is 25.4 Å². The van der Waals surface area contributed by atoms with Crippen molar-refractivity contribution in [3.8, 4) is 0 Å². The lowest BCUT2D eigenvalue weighted by Crippen LogP contribution is -2.42. The molecule has 18 heavy (non-hydrogen) atoms. The summed E-state index contributed by atoms with van der Waals surface area (Å²) in [7, 11) is 0. The number of hydrogen-bond donors (Lipinski definition) is 1. The summed E-state index contributed by atoms with van der Waals surface area (Å²) in [6, 6.07) is 0.730. The van der Waals surface area contributed by atoms with Gasteiger partial charge in [-0.15, -0.1) is 0 Å². The largest absolute Gasteiger partial charge is 0.329 e. The number of hydrogen-bond acceptors (Lipinski definition) is 4. The van der Waals surface area contributed by atoms with Crippen LogP contribution in [0.2, 0.25) is 0 Å². The van der Waals surface area contributed by atoms with Gasteiger partial charge in [-0.05, 0) is 13.8 Å². The molecule has 4 nitrogen and oxygen atoms in total. The minimum atomic E-state index is 0.320. The van der Waals surface area contributed by atoms with E-state index in [0.29, 0.717) is 23.9 Å². The van der Waals surface area contributed by atoms with E-state index in [-0.39, 0.29) is 0 Å². The zero-order valence-corrected chi connectivity index (χ0v) is 12.4. The van der Waals surface area contributed by atoms with Crippen molar-refractivity contribution in [2.45, 2.75) is 38.1 Å². The molecule has 5 heteroatoms. The Balaban J connectivity index is 2.11. The Bertz CT molecular complexity index is 377. The maximum absolute atomic E-state index is 5.98. The highest BCUT2D eigenvalue weighted by Gasteiger charge is 2.25. The fourth-order valence-electron chi connectivity index (χ4n) is 2.43. The molecule has 0 radical (unpaired) electrons. The Labute approximate surface area is 114 Å². The molecule has 0 amide bonds. The summed E-state index contributed by atoms with van der Waals surface area (Å²) in [5, 5.41) is 5.13. The minimum Gasteiger partial charge on any atom is -0.329 e. The van der Waals surface area contributed by atoms with Crippen LogP contribution in [0.5, 0.6) is 0 Å². The standard InChI is InChI=1S/C13H24N4S/c1-10(2)17-9-12(7-15-17)13(6-14)16-4-5-18-11(3)8-16/h7,9-11,13H,4-6,8,14H2,1-3H3. The van der Waals surface area contributed by atoms with Crippen molar-refractivity contribution in [1.29, 1.82) is 0 Å². The first-order chi connectivity index (χ1) is 8.61. The third-order valence-corrected chi connectivity index (χ3v) is 4.61. The van der Waals surface area contributed by atoms with Crippen molar-refractivity contribution in [2.24, 2.45) is 5.73 Å². The monoisotopic (exact) mass is 268 g/mol. The van der Waals surface area contributed by atoms with E-state index in [4.69, 9.17) is 5.73 Å². The summed E-state index contributed by atoms with van der Waals surface area (Å²) in [5.74, 6) is 1.20. The molecule has 1 fully saturated rings. The molecule has 102 valence electrons. The second-order valence-electron chi connectivity index (χ2n) is 5.28. The topological polar surface area (TPSA) is 47.1 Å². The summed E-state index contributed by atoms with van der Waals surface area (Å²) in [6.45, 7) is 9.51.